The molecule has 7 nitrogen and oxygen atoms in total. The van der Waals surface area contributed by atoms with Crippen molar-refractivity contribution in [1.29, 1.82) is 0 Å². The van der Waals surface area contributed by atoms with Gasteiger partial charge < -0.3 is 5.32 Å². The van der Waals surface area contributed by atoms with E-state index in [-0.39, 0.29) is 18.1 Å². The number of rotatable bonds is 5. The van der Waals surface area contributed by atoms with Gasteiger partial charge in [0.2, 0.25) is 5.91 Å². The van der Waals surface area contributed by atoms with Crippen LogP contribution in [-0.2, 0) is 11.3 Å². The van der Waals surface area contributed by atoms with Gasteiger partial charge in [0.25, 0.3) is 5.56 Å². The molecule has 0 aliphatic heterocycles. The summed E-state index contributed by atoms with van der Waals surface area (Å²) in [6.07, 6.45) is 1.86. The van der Waals surface area contributed by atoms with Crippen molar-refractivity contribution in [2.75, 3.05) is 11.6 Å². The van der Waals surface area contributed by atoms with Gasteiger partial charge in [0.1, 0.15) is 11.2 Å². The number of aryl methyl sites for hydroxylation is 4. The maximum absolute atomic E-state index is 13.5. The van der Waals surface area contributed by atoms with Gasteiger partial charge in [-0.25, -0.2) is 14.3 Å². The molecular formula is C24H24N4O3S2. The molecule has 2 aromatic heterocycles. The number of anilines is 1. The first-order valence-electron chi connectivity index (χ1n) is 10.3. The molecule has 0 spiro atoms. The fourth-order valence-corrected chi connectivity index (χ4v) is 5.36. The quantitative estimate of drug-likeness (QED) is 0.433. The minimum atomic E-state index is -0.596. The predicted octanol–water partition coefficient (Wildman–Crippen LogP) is 4.20. The fraction of sp³-hybridized carbons (Fsp3) is 0.250. The first-order valence-corrected chi connectivity index (χ1v) is 12.4. The minimum Gasteiger partial charge on any atom is -0.324 e. The van der Waals surface area contributed by atoms with Crippen LogP contribution in [0.25, 0.3) is 16.0 Å². The van der Waals surface area contributed by atoms with Gasteiger partial charge in [0.15, 0.2) is 9.99 Å². The van der Waals surface area contributed by atoms with Crippen LogP contribution in [-0.4, -0.2) is 26.3 Å². The number of nitrogens with zero attached hydrogens (tertiary/aromatic N) is 3. The number of aromatic nitrogens is 3. The van der Waals surface area contributed by atoms with Gasteiger partial charge in [-0.15, -0.1) is 11.3 Å². The molecule has 0 atom stereocenters. The van der Waals surface area contributed by atoms with Crippen LogP contribution in [0.3, 0.4) is 0 Å². The number of carbonyl (C=O) groups excluding carboxylic acids is 1. The first-order chi connectivity index (χ1) is 15.7. The van der Waals surface area contributed by atoms with Crippen LogP contribution >= 0.6 is 23.1 Å². The second-order valence-corrected chi connectivity index (χ2v) is 10.1. The largest absolute Gasteiger partial charge is 0.337 e. The van der Waals surface area contributed by atoms with Crippen molar-refractivity contribution in [2.24, 2.45) is 0 Å². The van der Waals surface area contributed by atoms with E-state index in [1.54, 1.807) is 12.1 Å². The lowest BCUT2D eigenvalue weighted by atomic mass is 10.1. The van der Waals surface area contributed by atoms with Crippen LogP contribution in [0.2, 0.25) is 0 Å². The molecule has 1 N–H and O–H groups in total. The van der Waals surface area contributed by atoms with Crippen molar-refractivity contribution < 1.29 is 4.79 Å². The topological polar surface area (TPSA) is 86.0 Å². The molecule has 4 aromatic rings. The number of benzene rings is 2. The molecule has 0 aliphatic rings. The monoisotopic (exact) mass is 480 g/mol. The van der Waals surface area contributed by atoms with Crippen molar-refractivity contribution in [3.05, 3.63) is 79.5 Å². The highest BCUT2D eigenvalue weighted by molar-refractivity contribution is 8.00. The molecule has 4 rings (SSSR count). The second-order valence-electron chi connectivity index (χ2n) is 8.00. The van der Waals surface area contributed by atoms with Gasteiger partial charge in [0, 0.05) is 5.69 Å². The number of thiazole rings is 1. The zero-order valence-corrected chi connectivity index (χ0v) is 20.7. The lowest BCUT2D eigenvalue weighted by Crippen LogP contribution is -2.40. The standard InChI is InChI=1S/C24H24N4O3S2/c1-13-6-8-17(9-7-13)28-22(30)20-21(26-23(32-5)33-20)27(24(28)31)12-18(29)25-19-15(3)10-14(2)11-16(19)4/h6-11H,12H2,1-5H3,(H,25,29). The van der Waals surface area contributed by atoms with Crippen molar-refractivity contribution in [2.45, 2.75) is 38.6 Å². The van der Waals surface area contributed by atoms with E-state index in [1.165, 1.54) is 27.7 Å². The molecule has 2 heterocycles. The molecule has 2 aromatic carbocycles. The highest BCUT2D eigenvalue weighted by atomic mass is 32.2. The smallest absolute Gasteiger partial charge is 0.324 e. The zero-order valence-electron chi connectivity index (χ0n) is 19.1. The molecule has 0 aliphatic carbocycles. The van der Waals surface area contributed by atoms with Crippen LogP contribution < -0.4 is 16.6 Å². The van der Waals surface area contributed by atoms with E-state index in [0.717, 1.165) is 32.5 Å². The van der Waals surface area contributed by atoms with Gasteiger partial charge in [-0.05, 0) is 57.2 Å². The summed E-state index contributed by atoms with van der Waals surface area (Å²) in [7, 11) is 0. The first kappa shape index (κ1) is 23.0. The Morgan fingerprint density at radius 1 is 1.03 bits per heavy atom. The van der Waals surface area contributed by atoms with Gasteiger partial charge in [0.05, 0.1) is 5.69 Å². The van der Waals surface area contributed by atoms with E-state index >= 15 is 0 Å². The number of nitrogens with one attached hydrogen (secondary N) is 1. The van der Waals surface area contributed by atoms with Gasteiger partial charge in [-0.2, -0.15) is 0 Å². The highest BCUT2D eigenvalue weighted by Gasteiger charge is 2.21. The summed E-state index contributed by atoms with van der Waals surface area (Å²) >= 11 is 2.61. The molecule has 9 heteroatoms. The summed E-state index contributed by atoms with van der Waals surface area (Å²) in [5.41, 5.74) is 4.40. The molecule has 0 saturated carbocycles. The number of carbonyl (C=O) groups is 1. The van der Waals surface area contributed by atoms with Crippen molar-refractivity contribution in [1.82, 2.24) is 14.1 Å². The van der Waals surface area contributed by atoms with Crippen LogP contribution in [0.4, 0.5) is 5.69 Å². The van der Waals surface area contributed by atoms with E-state index in [2.05, 4.69) is 10.3 Å². The van der Waals surface area contributed by atoms with Crippen LogP contribution in [0, 0.1) is 27.7 Å². The molecule has 0 saturated heterocycles. The van der Waals surface area contributed by atoms with E-state index < -0.39 is 11.2 Å². The fourth-order valence-electron chi connectivity index (χ4n) is 3.87. The Morgan fingerprint density at radius 2 is 1.67 bits per heavy atom. The van der Waals surface area contributed by atoms with E-state index in [1.807, 2.05) is 58.2 Å². The lowest BCUT2D eigenvalue weighted by molar-refractivity contribution is -0.116. The van der Waals surface area contributed by atoms with Crippen LogP contribution in [0.15, 0.2) is 50.3 Å². The molecule has 33 heavy (non-hydrogen) atoms. The molecule has 0 radical (unpaired) electrons. The third kappa shape index (κ3) is 4.38. The highest BCUT2D eigenvalue weighted by Crippen LogP contribution is 2.26. The average Bonchev–Trinajstić information content (AvgIpc) is 3.20. The van der Waals surface area contributed by atoms with Gasteiger partial charge in [-0.3, -0.25) is 14.2 Å². The Morgan fingerprint density at radius 3 is 2.27 bits per heavy atom. The summed E-state index contributed by atoms with van der Waals surface area (Å²) in [4.78, 5) is 44.2. The summed E-state index contributed by atoms with van der Waals surface area (Å²) in [5, 5.41) is 2.93. The van der Waals surface area contributed by atoms with Crippen molar-refractivity contribution >= 4 is 45.0 Å². The number of thioether (sulfide) groups is 1. The lowest BCUT2D eigenvalue weighted by Gasteiger charge is -2.15. The zero-order chi connectivity index (χ0) is 23.9. The summed E-state index contributed by atoms with van der Waals surface area (Å²) in [5.74, 6) is -0.360. The Bertz CT molecular complexity index is 1470. The molecule has 0 fully saturated rings. The minimum absolute atomic E-state index is 0.232. The predicted molar refractivity (Wildman–Crippen MR) is 135 cm³/mol. The number of hydrogen-bond donors (Lipinski definition) is 1. The Labute approximate surface area is 199 Å². The summed E-state index contributed by atoms with van der Waals surface area (Å²) < 4.78 is 3.39. The summed E-state index contributed by atoms with van der Waals surface area (Å²) in [6, 6.07) is 11.1. The molecular weight excluding hydrogens is 456 g/mol. The molecule has 1 amide bonds. The van der Waals surface area contributed by atoms with Crippen LogP contribution in [0.1, 0.15) is 22.3 Å². The number of fused-ring (bicyclic) bond motifs is 1. The Kier molecular flexibility index (Phi) is 6.27. The van der Waals surface area contributed by atoms with Gasteiger partial charge >= 0.3 is 5.69 Å². The third-order valence-electron chi connectivity index (χ3n) is 5.37. The second kappa shape index (κ2) is 8.99. The maximum atomic E-state index is 13.5. The van der Waals surface area contributed by atoms with E-state index in [9.17, 15) is 14.4 Å². The number of hydrogen-bond acceptors (Lipinski definition) is 6. The van der Waals surface area contributed by atoms with Gasteiger partial charge in [-0.1, -0.05) is 47.2 Å². The molecule has 0 unspecified atom stereocenters. The van der Waals surface area contributed by atoms with Crippen molar-refractivity contribution in [3.8, 4) is 5.69 Å². The Balaban J connectivity index is 1.84. The third-order valence-corrected chi connectivity index (χ3v) is 7.39. The SMILES string of the molecule is CSc1nc2c(s1)c(=O)n(-c1ccc(C)cc1)c(=O)n2CC(=O)Nc1c(C)cc(C)cc1C. The van der Waals surface area contributed by atoms with E-state index in [0.29, 0.717) is 14.7 Å². The van der Waals surface area contributed by atoms with E-state index in [4.69, 9.17) is 0 Å². The number of amides is 1. The Hall–Kier alpha value is -3.17. The normalized spacial score (nSPS) is 11.2. The average molecular weight is 481 g/mol. The van der Waals surface area contributed by atoms with Crippen molar-refractivity contribution in [3.63, 3.8) is 0 Å². The van der Waals surface area contributed by atoms with Crippen LogP contribution in [0.5, 0.6) is 0 Å². The maximum Gasteiger partial charge on any atom is 0.337 e. The summed E-state index contributed by atoms with van der Waals surface area (Å²) in [6.45, 7) is 7.54. The molecule has 0 bridgehead atoms. The molecule has 170 valence electrons.